The van der Waals surface area contributed by atoms with Crippen LogP contribution >= 0.6 is 11.6 Å². The van der Waals surface area contributed by atoms with Crippen molar-refractivity contribution in [3.8, 4) is 0 Å². The molecule has 1 saturated heterocycles. The van der Waals surface area contributed by atoms with Crippen molar-refractivity contribution in [2.75, 3.05) is 0 Å². The number of carbonyl (C=O) groups excluding carboxylic acids is 4. The van der Waals surface area contributed by atoms with Crippen LogP contribution in [0.25, 0.3) is 0 Å². The molecule has 5 nitrogen and oxygen atoms in total. The van der Waals surface area contributed by atoms with E-state index in [1.807, 2.05) is 0 Å². The molecular weight excluding hydrogens is 282 g/mol. The molecule has 1 fully saturated rings. The topological polar surface area (TPSA) is 71.5 Å². The molecule has 0 unspecified atom stereocenters. The first kappa shape index (κ1) is 13.0. The van der Waals surface area contributed by atoms with Gasteiger partial charge in [0.2, 0.25) is 23.4 Å². The molecule has 0 radical (unpaired) electrons. The molecule has 0 N–H and O–H groups in total. The number of hydrogen-bond acceptors (Lipinski definition) is 4. The number of amides is 2. The van der Waals surface area contributed by atoms with Gasteiger partial charge < -0.3 is 0 Å². The number of hydrogen-bond donors (Lipinski definition) is 0. The SMILES string of the molecule is O=C1C(Cl)=C(N2C(=O)CCC2=O)C(=O)C2=C1CCC=C2. The van der Waals surface area contributed by atoms with Crippen molar-refractivity contribution in [3.63, 3.8) is 0 Å². The average molecular weight is 292 g/mol. The van der Waals surface area contributed by atoms with E-state index in [1.54, 1.807) is 12.2 Å². The van der Waals surface area contributed by atoms with E-state index >= 15 is 0 Å². The van der Waals surface area contributed by atoms with Crippen LogP contribution in [-0.2, 0) is 19.2 Å². The zero-order chi connectivity index (χ0) is 14.4. The standard InChI is InChI=1S/C14H10ClNO4/c15-11-12(16-9(17)5-6-10(16)18)14(20)8-4-2-1-3-7(8)13(11)19/h2,4H,1,3,5-6H2. The quantitative estimate of drug-likeness (QED) is 0.540. The van der Waals surface area contributed by atoms with Gasteiger partial charge in [-0.2, -0.15) is 0 Å². The van der Waals surface area contributed by atoms with Crippen LogP contribution in [0.2, 0.25) is 0 Å². The third-order valence-corrected chi connectivity index (χ3v) is 3.94. The molecule has 0 spiro atoms. The number of allylic oxidation sites excluding steroid dienone is 5. The highest BCUT2D eigenvalue weighted by Crippen LogP contribution is 2.35. The van der Waals surface area contributed by atoms with Gasteiger partial charge in [0.05, 0.1) is 0 Å². The number of likely N-dealkylation sites (tertiary alicyclic amines) is 1. The lowest BCUT2D eigenvalue weighted by Crippen LogP contribution is -2.37. The number of rotatable bonds is 1. The molecule has 0 aromatic rings. The molecule has 0 bridgehead atoms. The molecule has 20 heavy (non-hydrogen) atoms. The number of ketones is 2. The maximum absolute atomic E-state index is 12.4. The maximum Gasteiger partial charge on any atom is 0.234 e. The largest absolute Gasteiger partial charge is 0.288 e. The van der Waals surface area contributed by atoms with Crippen molar-refractivity contribution in [2.45, 2.75) is 25.7 Å². The summed E-state index contributed by atoms with van der Waals surface area (Å²) in [6.07, 6.45) is 4.54. The summed E-state index contributed by atoms with van der Waals surface area (Å²) < 4.78 is 0. The first-order valence-electron chi connectivity index (χ1n) is 6.27. The fourth-order valence-electron chi connectivity index (χ4n) is 2.61. The van der Waals surface area contributed by atoms with Gasteiger partial charge in [-0.1, -0.05) is 23.8 Å². The molecule has 0 aromatic heterocycles. The highest BCUT2D eigenvalue weighted by Gasteiger charge is 2.42. The van der Waals surface area contributed by atoms with Gasteiger partial charge in [-0.25, -0.2) is 4.90 Å². The van der Waals surface area contributed by atoms with Crippen molar-refractivity contribution in [1.29, 1.82) is 0 Å². The molecule has 6 heteroatoms. The van der Waals surface area contributed by atoms with Gasteiger partial charge in [0.15, 0.2) is 0 Å². The van der Waals surface area contributed by atoms with Gasteiger partial charge in [-0.15, -0.1) is 0 Å². The predicted octanol–water partition coefficient (Wildman–Crippen LogP) is 1.38. The normalized spacial score (nSPS) is 23.1. The van der Waals surface area contributed by atoms with Gasteiger partial charge in [-0.3, -0.25) is 19.2 Å². The van der Waals surface area contributed by atoms with E-state index in [0.29, 0.717) is 18.4 Å². The Morgan fingerprint density at radius 1 is 0.950 bits per heavy atom. The lowest BCUT2D eigenvalue weighted by Gasteiger charge is -2.25. The van der Waals surface area contributed by atoms with Crippen LogP contribution in [0.3, 0.4) is 0 Å². The van der Waals surface area contributed by atoms with Gasteiger partial charge >= 0.3 is 0 Å². The molecule has 102 valence electrons. The van der Waals surface area contributed by atoms with E-state index in [1.165, 1.54) is 0 Å². The van der Waals surface area contributed by atoms with Crippen LogP contribution in [0.1, 0.15) is 25.7 Å². The number of Topliss-reactive ketones (excluding diaryl/α,β-unsaturated/α-hetero) is 2. The summed E-state index contributed by atoms with van der Waals surface area (Å²) in [4.78, 5) is 48.9. The van der Waals surface area contributed by atoms with E-state index in [2.05, 4.69) is 0 Å². The summed E-state index contributed by atoms with van der Waals surface area (Å²) >= 11 is 5.96. The number of nitrogens with zero attached hydrogens (tertiary/aromatic N) is 1. The second-order valence-corrected chi connectivity index (χ2v) is 5.15. The average Bonchev–Trinajstić information content (AvgIpc) is 2.77. The molecule has 2 amide bonds. The third-order valence-electron chi connectivity index (χ3n) is 3.59. The minimum atomic E-state index is -0.524. The summed E-state index contributed by atoms with van der Waals surface area (Å²) in [5.74, 6) is -1.97. The molecule has 3 aliphatic rings. The number of carbonyl (C=O) groups is 4. The second kappa shape index (κ2) is 4.52. The molecule has 2 aliphatic carbocycles. The van der Waals surface area contributed by atoms with Crippen LogP contribution in [0.15, 0.2) is 34.0 Å². The Hall–Kier alpha value is -2.01. The smallest absolute Gasteiger partial charge is 0.234 e. The van der Waals surface area contributed by atoms with Crippen molar-refractivity contribution in [1.82, 2.24) is 4.90 Å². The Bertz CT molecular complexity index is 653. The van der Waals surface area contributed by atoms with Crippen LogP contribution in [0, 0.1) is 0 Å². The van der Waals surface area contributed by atoms with E-state index in [9.17, 15) is 19.2 Å². The van der Waals surface area contributed by atoms with Gasteiger partial charge in [-0.05, 0) is 12.8 Å². The minimum Gasteiger partial charge on any atom is -0.288 e. The van der Waals surface area contributed by atoms with Crippen LogP contribution < -0.4 is 0 Å². The van der Waals surface area contributed by atoms with Crippen molar-refractivity contribution in [2.24, 2.45) is 0 Å². The Kier molecular flexibility index (Phi) is 2.94. The fraction of sp³-hybridized carbons (Fsp3) is 0.286. The minimum absolute atomic E-state index is 0.0374. The van der Waals surface area contributed by atoms with Gasteiger partial charge in [0, 0.05) is 24.0 Å². The number of imide groups is 1. The first-order chi connectivity index (χ1) is 9.52. The van der Waals surface area contributed by atoms with Gasteiger partial charge in [0.25, 0.3) is 0 Å². The van der Waals surface area contributed by atoms with Gasteiger partial charge in [0.1, 0.15) is 10.7 Å². The molecule has 0 saturated carbocycles. The Balaban J connectivity index is 2.12. The third kappa shape index (κ3) is 1.70. The van der Waals surface area contributed by atoms with Crippen molar-refractivity contribution < 1.29 is 19.2 Å². The Morgan fingerprint density at radius 2 is 1.60 bits per heavy atom. The molecule has 1 heterocycles. The van der Waals surface area contributed by atoms with E-state index < -0.39 is 23.4 Å². The maximum atomic E-state index is 12.4. The zero-order valence-corrected chi connectivity index (χ0v) is 11.2. The lowest BCUT2D eigenvalue weighted by molar-refractivity contribution is -0.138. The lowest BCUT2D eigenvalue weighted by atomic mass is 9.86. The number of halogens is 1. The Labute approximate surface area is 119 Å². The summed E-state index contributed by atoms with van der Waals surface area (Å²) in [6.45, 7) is 0. The molecule has 0 atom stereocenters. The predicted molar refractivity (Wildman–Crippen MR) is 69.4 cm³/mol. The van der Waals surface area contributed by atoms with E-state index in [-0.39, 0.29) is 29.1 Å². The Morgan fingerprint density at radius 3 is 2.25 bits per heavy atom. The fourth-order valence-corrected chi connectivity index (χ4v) is 2.89. The summed E-state index contributed by atoms with van der Waals surface area (Å²) in [5.41, 5.74) is 0.327. The van der Waals surface area contributed by atoms with Crippen LogP contribution in [0.5, 0.6) is 0 Å². The van der Waals surface area contributed by atoms with E-state index in [4.69, 9.17) is 11.6 Å². The zero-order valence-electron chi connectivity index (χ0n) is 10.4. The van der Waals surface area contributed by atoms with Crippen molar-refractivity contribution in [3.05, 3.63) is 34.0 Å². The molecule has 3 rings (SSSR count). The highest BCUT2D eigenvalue weighted by molar-refractivity contribution is 6.50. The van der Waals surface area contributed by atoms with Crippen LogP contribution in [0.4, 0.5) is 0 Å². The summed E-state index contributed by atoms with van der Waals surface area (Å²) in [5, 5.41) is -0.326. The van der Waals surface area contributed by atoms with Crippen molar-refractivity contribution >= 4 is 35.0 Å². The molecular formula is C14H10ClNO4. The monoisotopic (exact) mass is 291 g/mol. The second-order valence-electron chi connectivity index (χ2n) is 4.78. The summed E-state index contributed by atoms with van der Waals surface area (Å²) in [6, 6.07) is 0. The molecule has 1 aliphatic heterocycles. The van der Waals surface area contributed by atoms with E-state index in [0.717, 1.165) is 4.90 Å². The highest BCUT2D eigenvalue weighted by atomic mass is 35.5. The summed E-state index contributed by atoms with van der Waals surface area (Å²) in [7, 11) is 0. The van der Waals surface area contributed by atoms with Crippen LogP contribution in [-0.4, -0.2) is 28.3 Å². The first-order valence-corrected chi connectivity index (χ1v) is 6.65. The molecule has 0 aromatic carbocycles.